The van der Waals surface area contributed by atoms with Gasteiger partial charge < -0.3 is 20.6 Å². The Morgan fingerprint density at radius 1 is 0.316 bits per heavy atom. The molecule has 0 rings (SSSR count). The fraction of sp³-hybridized carbons (Fsp3) is 0.930. The van der Waals surface area contributed by atoms with E-state index in [9.17, 15) is 20.1 Å². The Kier molecular flexibility index (Phi) is 65.3. The Morgan fingerprint density at radius 2 is 0.539 bits per heavy atom. The monoisotopic (exact) mass is 1070 g/mol. The lowest BCUT2D eigenvalue weighted by Gasteiger charge is -2.21. The van der Waals surface area contributed by atoms with Gasteiger partial charge in [-0.05, 0) is 32.1 Å². The molecule has 0 spiro atoms. The number of carbonyl (C=O) groups excluding carboxylic acids is 1. The Bertz CT molecular complexity index is 1140. The molecule has 4 N–H and O–H groups in total. The summed E-state index contributed by atoms with van der Waals surface area (Å²) < 4.78 is 0. The van der Waals surface area contributed by atoms with Crippen LogP contribution in [0.25, 0.3) is 0 Å². The molecule has 0 saturated carbocycles. The highest BCUT2D eigenvalue weighted by Gasteiger charge is 2.22. The molecule has 452 valence electrons. The lowest BCUT2D eigenvalue weighted by molar-refractivity contribution is -0.131. The van der Waals surface area contributed by atoms with E-state index in [1.807, 2.05) is 6.08 Å². The molecular weight excluding hydrogens is 931 g/mol. The Labute approximate surface area is 477 Å². The minimum Gasteiger partial charge on any atom is -0.394 e. The summed E-state index contributed by atoms with van der Waals surface area (Å²) in [5.74, 6) is -0.504. The van der Waals surface area contributed by atoms with E-state index in [1.165, 1.54) is 340 Å². The summed E-state index contributed by atoms with van der Waals surface area (Å²) in [5, 5.41) is 33.5. The number of carbonyl (C=O) groups is 1. The maximum Gasteiger partial charge on any atom is 0.249 e. The summed E-state index contributed by atoms with van der Waals surface area (Å²) in [6.07, 6.45) is 87.7. The number of hydrogen-bond acceptors (Lipinski definition) is 4. The highest BCUT2D eigenvalue weighted by Crippen LogP contribution is 2.20. The molecule has 5 nitrogen and oxygen atoms in total. The van der Waals surface area contributed by atoms with Gasteiger partial charge in [-0.3, -0.25) is 4.79 Å². The van der Waals surface area contributed by atoms with E-state index in [-0.39, 0.29) is 6.61 Å². The van der Waals surface area contributed by atoms with Crippen molar-refractivity contribution in [3.8, 4) is 0 Å². The quantitative estimate of drug-likeness (QED) is 0.0361. The van der Waals surface area contributed by atoms with Crippen molar-refractivity contribution in [3.05, 3.63) is 24.3 Å². The maximum absolute atomic E-state index is 12.6. The summed E-state index contributed by atoms with van der Waals surface area (Å²) in [6.45, 7) is 4.23. The van der Waals surface area contributed by atoms with Crippen LogP contribution in [0.2, 0.25) is 0 Å². The zero-order valence-corrected chi connectivity index (χ0v) is 51.9. The number of unbranched alkanes of at least 4 members (excludes halogenated alkanes) is 56. The fourth-order valence-electron chi connectivity index (χ4n) is 11.4. The van der Waals surface area contributed by atoms with E-state index in [2.05, 4.69) is 31.3 Å². The van der Waals surface area contributed by atoms with E-state index >= 15 is 0 Å². The van der Waals surface area contributed by atoms with Crippen LogP contribution in [0, 0.1) is 0 Å². The van der Waals surface area contributed by atoms with E-state index < -0.39 is 24.2 Å². The largest absolute Gasteiger partial charge is 0.394 e. The molecule has 0 fully saturated rings. The van der Waals surface area contributed by atoms with Crippen molar-refractivity contribution in [1.29, 1.82) is 0 Å². The molecule has 0 aliphatic rings. The van der Waals surface area contributed by atoms with Gasteiger partial charge in [0.15, 0.2) is 0 Å². The highest BCUT2D eigenvalue weighted by molar-refractivity contribution is 5.80. The van der Waals surface area contributed by atoms with Crippen LogP contribution in [0.5, 0.6) is 0 Å². The minimum absolute atomic E-state index is 0.372. The summed E-state index contributed by atoms with van der Waals surface area (Å²) >= 11 is 0. The van der Waals surface area contributed by atoms with Gasteiger partial charge in [-0.1, -0.05) is 391 Å². The average molecular weight is 1070 g/mol. The van der Waals surface area contributed by atoms with Crippen molar-refractivity contribution in [2.45, 2.75) is 417 Å². The predicted molar refractivity (Wildman–Crippen MR) is 338 cm³/mol. The fourth-order valence-corrected chi connectivity index (χ4v) is 11.4. The van der Waals surface area contributed by atoms with Crippen LogP contribution in [0.15, 0.2) is 24.3 Å². The SMILES string of the molecule is CCCCCCCCCCCCCCCCCCCC/C=C/CC/C=C/C(O)C(CO)NC(=O)C(O)CCCCCCCCCCCCCCCCCCCCCCCCCCCCCCCCCCCCCCCC. The number of aliphatic hydroxyl groups is 3. The molecule has 0 bridgehead atoms. The van der Waals surface area contributed by atoms with Gasteiger partial charge in [-0.15, -0.1) is 0 Å². The van der Waals surface area contributed by atoms with Gasteiger partial charge >= 0.3 is 0 Å². The normalized spacial score (nSPS) is 13.2. The number of hydrogen-bond donors (Lipinski definition) is 4. The Hall–Kier alpha value is -1.17. The van der Waals surface area contributed by atoms with Crippen molar-refractivity contribution < 1.29 is 20.1 Å². The second-order valence-electron chi connectivity index (χ2n) is 24.5. The van der Waals surface area contributed by atoms with Crippen LogP contribution in [0.4, 0.5) is 0 Å². The van der Waals surface area contributed by atoms with Crippen molar-refractivity contribution in [1.82, 2.24) is 5.32 Å². The lowest BCUT2D eigenvalue weighted by atomic mass is 10.0. The number of rotatable bonds is 66. The summed E-state index contributed by atoms with van der Waals surface area (Å²) in [6, 6.07) is -0.814. The molecule has 0 aromatic rings. The molecule has 0 aromatic carbocycles. The van der Waals surface area contributed by atoms with Crippen LogP contribution >= 0.6 is 0 Å². The summed E-state index contributed by atoms with van der Waals surface area (Å²) in [7, 11) is 0. The third-order valence-electron chi connectivity index (χ3n) is 16.8. The summed E-state index contributed by atoms with van der Waals surface area (Å²) in [5.41, 5.74) is 0. The average Bonchev–Trinajstić information content (AvgIpc) is 3.42. The second kappa shape index (κ2) is 66.3. The van der Waals surface area contributed by atoms with Gasteiger partial charge in [0.25, 0.3) is 0 Å². The van der Waals surface area contributed by atoms with Gasteiger partial charge in [0, 0.05) is 0 Å². The van der Waals surface area contributed by atoms with Crippen LogP contribution in [0.3, 0.4) is 0 Å². The molecule has 3 atom stereocenters. The molecule has 0 aliphatic heterocycles. The van der Waals surface area contributed by atoms with E-state index in [1.54, 1.807) is 6.08 Å². The van der Waals surface area contributed by atoms with Gasteiger partial charge in [0.2, 0.25) is 5.91 Å². The van der Waals surface area contributed by atoms with E-state index in [0.717, 1.165) is 38.5 Å². The van der Waals surface area contributed by atoms with Gasteiger partial charge in [-0.25, -0.2) is 0 Å². The van der Waals surface area contributed by atoms with Gasteiger partial charge in [0.1, 0.15) is 6.10 Å². The second-order valence-corrected chi connectivity index (χ2v) is 24.5. The zero-order chi connectivity index (χ0) is 55.0. The number of amides is 1. The van der Waals surface area contributed by atoms with E-state index in [4.69, 9.17) is 0 Å². The van der Waals surface area contributed by atoms with Gasteiger partial charge in [-0.2, -0.15) is 0 Å². The maximum atomic E-state index is 12.6. The third-order valence-corrected chi connectivity index (χ3v) is 16.8. The highest BCUT2D eigenvalue weighted by atomic mass is 16.3. The molecule has 76 heavy (non-hydrogen) atoms. The summed E-state index contributed by atoms with van der Waals surface area (Å²) in [4.78, 5) is 12.6. The first kappa shape index (κ1) is 74.8. The smallest absolute Gasteiger partial charge is 0.249 e. The number of nitrogens with one attached hydrogen (secondary N) is 1. The third kappa shape index (κ3) is 60.5. The first-order valence-corrected chi connectivity index (χ1v) is 35.2. The van der Waals surface area contributed by atoms with Crippen LogP contribution in [-0.2, 0) is 4.79 Å². The Morgan fingerprint density at radius 3 is 0.803 bits per heavy atom. The molecule has 1 amide bonds. The van der Waals surface area contributed by atoms with E-state index in [0.29, 0.717) is 6.42 Å². The topological polar surface area (TPSA) is 89.8 Å². The minimum atomic E-state index is -1.10. The zero-order valence-electron chi connectivity index (χ0n) is 51.9. The van der Waals surface area contributed by atoms with Crippen LogP contribution in [0.1, 0.15) is 399 Å². The van der Waals surface area contributed by atoms with Crippen molar-refractivity contribution >= 4 is 5.91 Å². The molecule has 0 aromatic heterocycles. The Balaban J connectivity index is 3.47. The molecule has 5 heteroatoms. The molecule has 0 heterocycles. The first-order chi connectivity index (χ1) is 37.6. The van der Waals surface area contributed by atoms with Crippen molar-refractivity contribution in [3.63, 3.8) is 0 Å². The van der Waals surface area contributed by atoms with Crippen molar-refractivity contribution in [2.24, 2.45) is 0 Å². The molecule has 0 saturated heterocycles. The molecular formula is C71H139NO4. The number of allylic oxidation sites excluding steroid dienone is 3. The van der Waals surface area contributed by atoms with Crippen molar-refractivity contribution in [2.75, 3.05) is 6.61 Å². The van der Waals surface area contributed by atoms with Gasteiger partial charge in [0.05, 0.1) is 18.8 Å². The molecule has 0 radical (unpaired) electrons. The van der Waals surface area contributed by atoms with Crippen LogP contribution < -0.4 is 5.32 Å². The predicted octanol–water partition coefficient (Wildman–Crippen LogP) is 22.7. The lowest BCUT2D eigenvalue weighted by Crippen LogP contribution is -2.48. The molecule has 0 aliphatic carbocycles. The first-order valence-electron chi connectivity index (χ1n) is 35.2. The van der Waals surface area contributed by atoms with Crippen LogP contribution in [-0.4, -0.2) is 46.1 Å². The number of aliphatic hydroxyl groups excluding tert-OH is 3. The standard InChI is InChI=1S/C71H139NO4/c1-3-5-7-9-11-13-15-17-19-21-23-25-27-29-30-31-32-33-34-35-36-37-38-39-40-41-42-44-46-48-50-52-54-56-58-60-62-64-66-70(75)71(76)72-68(67-73)69(74)65-63-61-59-57-55-53-51-49-47-45-43-28-26-24-22-20-18-16-14-12-10-8-6-4-2/h55,57,63,65,68-70,73-75H,3-54,56,58-62,64,66-67H2,1-2H3,(H,72,76)/b57-55+,65-63+. The molecule has 3 unspecified atom stereocenters.